The number of rotatable bonds is 5. The summed E-state index contributed by atoms with van der Waals surface area (Å²) < 4.78 is 21.6. The van der Waals surface area contributed by atoms with Gasteiger partial charge in [-0.2, -0.15) is 0 Å². The van der Waals surface area contributed by atoms with Crippen molar-refractivity contribution in [3.05, 3.63) is 0 Å². The second-order valence-corrected chi connectivity index (χ2v) is 6.46. The Hall–Kier alpha value is -0.890. The first kappa shape index (κ1) is 21.4. The van der Waals surface area contributed by atoms with Gasteiger partial charge in [0.2, 0.25) is 5.91 Å². The second kappa shape index (κ2) is 8.87. The van der Waals surface area contributed by atoms with Crippen LogP contribution in [0.3, 0.4) is 0 Å². The van der Waals surface area contributed by atoms with Crippen molar-refractivity contribution in [3.8, 4) is 0 Å². The molecular formula is C15H27NO10. The van der Waals surface area contributed by atoms with Crippen molar-refractivity contribution in [2.24, 2.45) is 0 Å². The third-order valence-corrected chi connectivity index (χ3v) is 4.56. The number of ether oxygens (including phenoxy) is 4. The predicted molar refractivity (Wildman–Crippen MR) is 83.6 cm³/mol. The number of aliphatic hydroxyl groups excluding tert-OH is 5. The molecule has 0 aromatic heterocycles. The molecule has 2 aliphatic heterocycles. The van der Waals surface area contributed by atoms with Crippen molar-refractivity contribution in [1.82, 2.24) is 5.32 Å². The van der Waals surface area contributed by atoms with Gasteiger partial charge in [-0.3, -0.25) is 4.79 Å². The Morgan fingerprint density at radius 2 is 1.69 bits per heavy atom. The lowest BCUT2D eigenvalue weighted by atomic mass is 9.95. The molecular weight excluding hydrogens is 354 g/mol. The van der Waals surface area contributed by atoms with Gasteiger partial charge in [-0.15, -0.1) is 0 Å². The van der Waals surface area contributed by atoms with Crippen molar-refractivity contribution < 1.29 is 49.3 Å². The molecule has 0 radical (unpaired) electrons. The molecule has 0 saturated carbocycles. The van der Waals surface area contributed by atoms with E-state index in [4.69, 9.17) is 18.9 Å². The molecule has 2 saturated heterocycles. The lowest BCUT2D eigenvalue weighted by molar-refractivity contribution is -0.339. The number of carbonyl (C=O) groups is 1. The number of amides is 1. The smallest absolute Gasteiger partial charge is 0.217 e. The SMILES string of the molecule is COC1OC(CO)C(O)C(OC2OC(C)C(O)C(O)C2O)C1NC(C)=O. The Morgan fingerprint density at radius 1 is 1.04 bits per heavy atom. The summed E-state index contributed by atoms with van der Waals surface area (Å²) in [5, 5.41) is 52.2. The number of methoxy groups -OCH3 is 1. The molecule has 26 heavy (non-hydrogen) atoms. The van der Waals surface area contributed by atoms with E-state index in [0.717, 1.165) is 0 Å². The summed E-state index contributed by atoms with van der Waals surface area (Å²) in [5.41, 5.74) is 0. The average Bonchev–Trinajstić information content (AvgIpc) is 2.60. The van der Waals surface area contributed by atoms with Crippen LogP contribution in [0.25, 0.3) is 0 Å². The van der Waals surface area contributed by atoms with Crippen LogP contribution in [0.2, 0.25) is 0 Å². The van der Waals surface area contributed by atoms with Crippen LogP contribution in [0, 0.1) is 0 Å². The maximum atomic E-state index is 11.5. The maximum Gasteiger partial charge on any atom is 0.217 e. The van der Waals surface area contributed by atoms with Crippen LogP contribution in [0.1, 0.15) is 13.8 Å². The van der Waals surface area contributed by atoms with E-state index in [1.807, 2.05) is 0 Å². The van der Waals surface area contributed by atoms with Gasteiger partial charge in [0.05, 0.1) is 12.7 Å². The second-order valence-electron chi connectivity index (χ2n) is 6.46. The van der Waals surface area contributed by atoms with E-state index in [-0.39, 0.29) is 0 Å². The number of hydrogen-bond donors (Lipinski definition) is 6. The summed E-state index contributed by atoms with van der Waals surface area (Å²) in [6, 6.07) is -0.981. The van der Waals surface area contributed by atoms with E-state index < -0.39 is 73.9 Å². The van der Waals surface area contributed by atoms with Gasteiger partial charge in [-0.25, -0.2) is 0 Å². The molecule has 152 valence electrons. The monoisotopic (exact) mass is 381 g/mol. The molecule has 0 aromatic rings. The van der Waals surface area contributed by atoms with Crippen LogP contribution in [0.15, 0.2) is 0 Å². The lowest BCUT2D eigenvalue weighted by Crippen LogP contribution is -2.67. The van der Waals surface area contributed by atoms with Crippen LogP contribution in [-0.4, -0.2) is 107 Å². The molecule has 0 spiro atoms. The third-order valence-electron chi connectivity index (χ3n) is 4.56. The van der Waals surface area contributed by atoms with Crippen LogP contribution in [-0.2, 0) is 23.7 Å². The molecule has 2 rings (SSSR count). The number of nitrogens with one attached hydrogen (secondary N) is 1. The van der Waals surface area contributed by atoms with Gasteiger partial charge >= 0.3 is 0 Å². The molecule has 10 atom stereocenters. The molecule has 1 amide bonds. The van der Waals surface area contributed by atoms with Gasteiger partial charge in [0.15, 0.2) is 12.6 Å². The van der Waals surface area contributed by atoms with E-state index >= 15 is 0 Å². The lowest BCUT2D eigenvalue weighted by Gasteiger charge is -2.47. The molecule has 11 heteroatoms. The molecule has 11 nitrogen and oxygen atoms in total. The zero-order valence-corrected chi connectivity index (χ0v) is 14.8. The molecule has 2 fully saturated rings. The normalized spacial score (nSPS) is 46.8. The highest BCUT2D eigenvalue weighted by Crippen LogP contribution is 2.29. The largest absolute Gasteiger partial charge is 0.394 e. The fourth-order valence-electron chi connectivity index (χ4n) is 3.10. The summed E-state index contributed by atoms with van der Waals surface area (Å²) in [6.07, 6.45) is -11.4. The summed E-state index contributed by atoms with van der Waals surface area (Å²) in [6.45, 7) is 2.19. The van der Waals surface area contributed by atoms with Crippen molar-refractivity contribution in [1.29, 1.82) is 0 Å². The topological polar surface area (TPSA) is 167 Å². The van der Waals surface area contributed by atoms with Crippen LogP contribution >= 0.6 is 0 Å². The maximum absolute atomic E-state index is 11.5. The Bertz CT molecular complexity index is 479. The van der Waals surface area contributed by atoms with E-state index in [0.29, 0.717) is 0 Å². The van der Waals surface area contributed by atoms with E-state index in [1.165, 1.54) is 21.0 Å². The number of carbonyl (C=O) groups excluding carboxylic acids is 1. The van der Waals surface area contributed by atoms with Crippen LogP contribution < -0.4 is 5.32 Å². The van der Waals surface area contributed by atoms with Crippen LogP contribution in [0.4, 0.5) is 0 Å². The van der Waals surface area contributed by atoms with Crippen molar-refractivity contribution in [2.75, 3.05) is 13.7 Å². The van der Waals surface area contributed by atoms with Crippen molar-refractivity contribution >= 4 is 5.91 Å². The minimum absolute atomic E-state index is 0.446. The van der Waals surface area contributed by atoms with Gasteiger partial charge < -0.3 is 49.8 Å². The highest BCUT2D eigenvalue weighted by Gasteiger charge is 2.50. The zero-order chi connectivity index (χ0) is 19.6. The molecule has 2 aliphatic rings. The minimum atomic E-state index is -1.59. The summed E-state index contributed by atoms with van der Waals surface area (Å²) in [4.78, 5) is 11.5. The third kappa shape index (κ3) is 4.32. The molecule has 0 aromatic carbocycles. The quantitative estimate of drug-likeness (QED) is 0.280. The summed E-state index contributed by atoms with van der Waals surface area (Å²) in [5.74, 6) is -0.446. The molecule has 6 N–H and O–H groups in total. The van der Waals surface area contributed by atoms with Gasteiger partial charge in [-0.1, -0.05) is 0 Å². The molecule has 0 bridgehead atoms. The Balaban J connectivity index is 2.23. The summed E-state index contributed by atoms with van der Waals surface area (Å²) >= 11 is 0. The minimum Gasteiger partial charge on any atom is -0.394 e. The highest BCUT2D eigenvalue weighted by molar-refractivity contribution is 5.73. The Kier molecular flexibility index (Phi) is 7.30. The Labute approximate surface area is 150 Å². The standard InChI is InChI=1S/C15H27NO10/c1-5-9(19)11(21)12(22)15(24-5)26-13-8(16-6(2)18)14(23-3)25-7(4-17)10(13)20/h5,7-15,17,19-22H,4H2,1-3H3,(H,16,18). The first-order valence-electron chi connectivity index (χ1n) is 8.30. The molecule has 10 unspecified atom stereocenters. The van der Waals surface area contributed by atoms with Crippen LogP contribution in [0.5, 0.6) is 0 Å². The Morgan fingerprint density at radius 3 is 2.23 bits per heavy atom. The van der Waals surface area contributed by atoms with Gasteiger partial charge in [0.25, 0.3) is 0 Å². The fourth-order valence-corrected chi connectivity index (χ4v) is 3.10. The zero-order valence-electron chi connectivity index (χ0n) is 14.8. The first-order valence-corrected chi connectivity index (χ1v) is 8.30. The number of hydrogen-bond acceptors (Lipinski definition) is 10. The predicted octanol–water partition coefficient (Wildman–Crippen LogP) is -3.57. The van der Waals surface area contributed by atoms with Gasteiger partial charge in [0, 0.05) is 14.0 Å². The van der Waals surface area contributed by atoms with E-state index in [9.17, 15) is 30.3 Å². The molecule has 0 aliphatic carbocycles. The van der Waals surface area contributed by atoms with Gasteiger partial charge in [0.1, 0.15) is 42.7 Å². The average molecular weight is 381 g/mol. The van der Waals surface area contributed by atoms with Crippen molar-refractivity contribution in [3.63, 3.8) is 0 Å². The fraction of sp³-hybridized carbons (Fsp3) is 0.933. The van der Waals surface area contributed by atoms with Gasteiger partial charge in [-0.05, 0) is 6.92 Å². The number of aliphatic hydroxyl groups is 5. The molecule has 2 heterocycles. The summed E-state index contributed by atoms with van der Waals surface area (Å²) in [7, 11) is 1.32. The van der Waals surface area contributed by atoms with E-state index in [2.05, 4.69) is 5.32 Å². The first-order chi connectivity index (χ1) is 12.2. The highest BCUT2D eigenvalue weighted by atomic mass is 16.7. The van der Waals surface area contributed by atoms with Crippen molar-refractivity contribution in [2.45, 2.75) is 75.2 Å². The van der Waals surface area contributed by atoms with E-state index in [1.54, 1.807) is 0 Å².